The van der Waals surface area contributed by atoms with E-state index in [4.69, 9.17) is 5.11 Å². The second-order valence-electron chi connectivity index (χ2n) is 7.08. The first kappa shape index (κ1) is 25.1. The lowest BCUT2D eigenvalue weighted by Crippen LogP contribution is -2.14. The molecule has 0 bridgehead atoms. The zero-order chi connectivity index (χ0) is 18.1. The third-order valence-corrected chi connectivity index (χ3v) is 6.03. The summed E-state index contributed by atoms with van der Waals surface area (Å²) in [4.78, 5) is 0. The molecule has 0 spiro atoms. The van der Waals surface area contributed by atoms with Gasteiger partial charge in [-0.1, -0.05) is 73.1 Å². The van der Waals surface area contributed by atoms with Gasteiger partial charge in [0.2, 0.25) is 0 Å². The van der Waals surface area contributed by atoms with Gasteiger partial charge in [-0.05, 0) is 41.6 Å². The molecule has 0 aromatic rings. The van der Waals surface area contributed by atoms with Crippen LogP contribution in [0.2, 0.25) is 0 Å². The highest BCUT2D eigenvalue weighted by Gasteiger charge is 2.20. The summed E-state index contributed by atoms with van der Waals surface area (Å²) in [6, 6.07) is 0. The number of hydrogen-bond donors (Lipinski definition) is 1. The molecule has 1 aliphatic rings. The topological polar surface area (TPSA) is 20.2 Å². The average molecular weight is 343 g/mol. The van der Waals surface area contributed by atoms with Crippen LogP contribution < -0.4 is 0 Å². The van der Waals surface area contributed by atoms with Gasteiger partial charge in [-0.25, -0.2) is 0 Å². The minimum absolute atomic E-state index is 0.325. The summed E-state index contributed by atoms with van der Waals surface area (Å²) < 4.78 is 0. The van der Waals surface area contributed by atoms with Gasteiger partial charge in [-0.3, -0.25) is 0 Å². The Morgan fingerprint density at radius 1 is 1.09 bits per heavy atom. The molecule has 4 atom stereocenters. The first-order chi connectivity index (χ1) is 11.0. The summed E-state index contributed by atoms with van der Waals surface area (Å²) in [5, 5.41) is 8.80. The number of unbranched alkanes of at least 4 members (excludes halogenated alkanes) is 2. The van der Waals surface area contributed by atoms with Crippen LogP contribution in [0.1, 0.15) is 79.6 Å². The van der Waals surface area contributed by atoms with E-state index in [1.165, 1.54) is 56.5 Å². The van der Waals surface area contributed by atoms with Crippen LogP contribution in [0.15, 0.2) is 0 Å². The molecular formula is C21H42OS. The fourth-order valence-corrected chi connectivity index (χ4v) is 3.85. The first-order valence-corrected chi connectivity index (χ1v) is 10.7. The Morgan fingerprint density at radius 3 is 2.17 bits per heavy atom. The Balaban J connectivity index is 0. The van der Waals surface area contributed by atoms with Gasteiger partial charge < -0.3 is 5.11 Å². The lowest BCUT2D eigenvalue weighted by molar-refractivity contribution is 0.205. The van der Waals surface area contributed by atoms with E-state index in [0.29, 0.717) is 18.4 Å². The van der Waals surface area contributed by atoms with Crippen LogP contribution in [0.5, 0.6) is 0 Å². The summed E-state index contributed by atoms with van der Waals surface area (Å²) in [7, 11) is 0. The minimum Gasteiger partial charge on any atom is -0.396 e. The number of rotatable bonds is 9. The van der Waals surface area contributed by atoms with Crippen LogP contribution >= 0.6 is 11.8 Å². The number of terminal acetylenes is 1. The van der Waals surface area contributed by atoms with Gasteiger partial charge >= 0.3 is 0 Å². The maximum absolute atomic E-state index is 8.80. The smallest absolute Gasteiger partial charge is 0.0459 e. The maximum Gasteiger partial charge on any atom is 0.0459 e. The highest BCUT2D eigenvalue weighted by atomic mass is 32.2. The SMILES string of the molecule is C#C.CCCCC[C@H]1CCC(C)C1.CCSCC(C)C(C)CO. The van der Waals surface area contributed by atoms with E-state index in [0.717, 1.165) is 11.8 Å². The Kier molecular flexibility index (Phi) is 19.9. The molecule has 1 rings (SSSR count). The molecule has 1 N–H and O–H groups in total. The first-order valence-electron chi connectivity index (χ1n) is 9.56. The lowest BCUT2D eigenvalue weighted by Gasteiger charge is -2.16. The molecule has 1 fully saturated rings. The highest BCUT2D eigenvalue weighted by molar-refractivity contribution is 7.99. The van der Waals surface area contributed by atoms with Crippen molar-refractivity contribution in [3.05, 3.63) is 0 Å². The van der Waals surface area contributed by atoms with E-state index in [1.807, 2.05) is 11.8 Å². The summed E-state index contributed by atoms with van der Waals surface area (Å²) in [6.07, 6.45) is 18.4. The van der Waals surface area contributed by atoms with E-state index in [-0.39, 0.29) is 0 Å². The molecule has 138 valence electrons. The Hall–Kier alpha value is -0.130. The fraction of sp³-hybridized carbons (Fsp3) is 0.905. The van der Waals surface area contributed by atoms with Crippen LogP contribution in [-0.4, -0.2) is 23.2 Å². The van der Waals surface area contributed by atoms with Crippen LogP contribution in [0.3, 0.4) is 0 Å². The molecule has 0 aromatic heterocycles. The van der Waals surface area contributed by atoms with Crippen molar-refractivity contribution in [2.75, 3.05) is 18.1 Å². The number of hydrogen-bond acceptors (Lipinski definition) is 2. The molecule has 3 unspecified atom stereocenters. The van der Waals surface area contributed by atoms with Gasteiger partial charge in [-0.2, -0.15) is 11.8 Å². The Labute approximate surface area is 151 Å². The van der Waals surface area contributed by atoms with Gasteiger partial charge in [0.05, 0.1) is 0 Å². The Bertz CT molecular complexity index is 251. The largest absolute Gasteiger partial charge is 0.396 e. The monoisotopic (exact) mass is 342 g/mol. The molecule has 1 nitrogen and oxygen atoms in total. The molecule has 2 heteroatoms. The second kappa shape index (κ2) is 18.2. The lowest BCUT2D eigenvalue weighted by atomic mass is 9.99. The van der Waals surface area contributed by atoms with Crippen molar-refractivity contribution in [3.8, 4) is 12.8 Å². The van der Waals surface area contributed by atoms with Crippen LogP contribution in [0.4, 0.5) is 0 Å². The zero-order valence-corrected chi connectivity index (χ0v) is 17.2. The van der Waals surface area contributed by atoms with E-state index < -0.39 is 0 Å². The maximum atomic E-state index is 8.80. The molecule has 1 aliphatic carbocycles. The van der Waals surface area contributed by atoms with Gasteiger partial charge in [0.1, 0.15) is 0 Å². The molecule has 0 aromatic carbocycles. The zero-order valence-electron chi connectivity index (χ0n) is 16.4. The average Bonchev–Trinajstić information content (AvgIpc) is 3.00. The van der Waals surface area contributed by atoms with Crippen molar-refractivity contribution in [2.24, 2.45) is 23.7 Å². The van der Waals surface area contributed by atoms with Crippen LogP contribution in [0.25, 0.3) is 0 Å². The fourth-order valence-electron chi connectivity index (χ4n) is 2.92. The van der Waals surface area contributed by atoms with Crippen molar-refractivity contribution in [1.29, 1.82) is 0 Å². The van der Waals surface area contributed by atoms with Crippen molar-refractivity contribution in [3.63, 3.8) is 0 Å². The standard InChI is InChI=1S/C11H22.C8H18OS.C2H2/c1-3-4-5-6-11-8-7-10(2)9-11;1-4-10-6-8(3)7(2)5-9;1-2/h10-11H,3-9H2,1-2H3;7-9H,4-6H2,1-3H3;1-2H/t10?,11-;;/m0../s1. The summed E-state index contributed by atoms with van der Waals surface area (Å²) in [5.41, 5.74) is 0. The predicted octanol–water partition coefficient (Wildman–Crippen LogP) is 6.26. The predicted molar refractivity (Wildman–Crippen MR) is 109 cm³/mol. The summed E-state index contributed by atoms with van der Waals surface area (Å²) in [6.45, 7) is 11.5. The molecule has 0 aliphatic heterocycles. The number of thioether (sulfide) groups is 1. The normalized spacial score (nSPS) is 22.3. The number of aliphatic hydroxyl groups excluding tert-OH is 1. The molecule has 0 saturated heterocycles. The third kappa shape index (κ3) is 15.2. The quantitative estimate of drug-likeness (QED) is 0.394. The third-order valence-electron chi connectivity index (χ3n) is 4.86. The number of aliphatic hydroxyl groups is 1. The molecular weight excluding hydrogens is 300 g/mol. The molecule has 0 radical (unpaired) electrons. The minimum atomic E-state index is 0.325. The van der Waals surface area contributed by atoms with Gasteiger partial charge in [0.25, 0.3) is 0 Å². The summed E-state index contributed by atoms with van der Waals surface area (Å²) >= 11 is 1.95. The van der Waals surface area contributed by atoms with Crippen molar-refractivity contribution in [2.45, 2.75) is 79.6 Å². The van der Waals surface area contributed by atoms with Crippen molar-refractivity contribution >= 4 is 11.8 Å². The van der Waals surface area contributed by atoms with Gasteiger partial charge in [0.15, 0.2) is 0 Å². The van der Waals surface area contributed by atoms with E-state index in [1.54, 1.807) is 0 Å². The van der Waals surface area contributed by atoms with Gasteiger partial charge in [0, 0.05) is 6.61 Å². The second-order valence-corrected chi connectivity index (χ2v) is 8.40. The van der Waals surface area contributed by atoms with Crippen molar-refractivity contribution in [1.82, 2.24) is 0 Å². The van der Waals surface area contributed by atoms with Crippen LogP contribution in [-0.2, 0) is 0 Å². The van der Waals surface area contributed by atoms with Gasteiger partial charge in [-0.15, -0.1) is 12.8 Å². The highest BCUT2D eigenvalue weighted by Crippen LogP contribution is 2.33. The van der Waals surface area contributed by atoms with Crippen molar-refractivity contribution < 1.29 is 5.11 Å². The Morgan fingerprint density at radius 2 is 1.74 bits per heavy atom. The molecule has 23 heavy (non-hydrogen) atoms. The molecule has 0 heterocycles. The summed E-state index contributed by atoms with van der Waals surface area (Å²) in [5.74, 6) is 5.59. The molecule has 1 saturated carbocycles. The van der Waals surface area contributed by atoms with E-state index in [2.05, 4.69) is 47.5 Å². The van der Waals surface area contributed by atoms with E-state index in [9.17, 15) is 0 Å². The molecule has 0 amide bonds. The van der Waals surface area contributed by atoms with Crippen LogP contribution in [0, 0.1) is 36.5 Å². The van der Waals surface area contributed by atoms with E-state index >= 15 is 0 Å².